The molecule has 0 bridgehead atoms. The number of carbonyl (C=O) groups excluding carboxylic acids is 1. The van der Waals surface area contributed by atoms with Crippen molar-refractivity contribution in [3.8, 4) is 0 Å². The SMILES string of the molecule is CNC(=O)c1ccnc(CNCC2CCNCC2)c1/N=C/COCc1ccccc1Cl. The van der Waals surface area contributed by atoms with Gasteiger partial charge in [0.15, 0.2) is 0 Å². The Morgan fingerprint density at radius 3 is 2.90 bits per heavy atom. The number of nitrogens with zero attached hydrogens (tertiary/aromatic N) is 2. The molecule has 1 saturated heterocycles. The Kier molecular flexibility index (Phi) is 9.42. The van der Waals surface area contributed by atoms with Gasteiger partial charge in [-0.3, -0.25) is 14.8 Å². The van der Waals surface area contributed by atoms with Crippen LogP contribution in [0, 0.1) is 5.92 Å². The average molecular weight is 444 g/mol. The number of ether oxygens (including phenoxy) is 1. The molecule has 1 aliphatic heterocycles. The van der Waals surface area contributed by atoms with Crippen LogP contribution in [-0.2, 0) is 17.9 Å². The van der Waals surface area contributed by atoms with Crippen LogP contribution in [0.15, 0.2) is 41.5 Å². The summed E-state index contributed by atoms with van der Waals surface area (Å²) >= 11 is 6.15. The summed E-state index contributed by atoms with van der Waals surface area (Å²) in [6.45, 7) is 4.32. The third-order valence-corrected chi connectivity index (χ3v) is 5.65. The van der Waals surface area contributed by atoms with E-state index in [9.17, 15) is 4.79 Å². The summed E-state index contributed by atoms with van der Waals surface area (Å²) in [4.78, 5) is 21.3. The highest BCUT2D eigenvalue weighted by molar-refractivity contribution is 6.31. The van der Waals surface area contributed by atoms with Crippen molar-refractivity contribution < 1.29 is 9.53 Å². The highest BCUT2D eigenvalue weighted by Gasteiger charge is 2.16. The zero-order valence-electron chi connectivity index (χ0n) is 17.9. The van der Waals surface area contributed by atoms with Crippen molar-refractivity contribution in [2.45, 2.75) is 26.0 Å². The predicted octanol–water partition coefficient (Wildman–Crippen LogP) is 3.10. The molecule has 8 heteroatoms. The van der Waals surface area contributed by atoms with Crippen LogP contribution in [0.5, 0.6) is 0 Å². The van der Waals surface area contributed by atoms with Crippen LogP contribution >= 0.6 is 11.6 Å². The second kappa shape index (κ2) is 12.5. The predicted molar refractivity (Wildman–Crippen MR) is 124 cm³/mol. The fourth-order valence-electron chi connectivity index (χ4n) is 3.53. The van der Waals surface area contributed by atoms with Crippen LogP contribution < -0.4 is 16.0 Å². The summed E-state index contributed by atoms with van der Waals surface area (Å²) in [5.74, 6) is 0.472. The Hall–Kier alpha value is -2.32. The molecule has 0 unspecified atom stereocenters. The summed E-state index contributed by atoms with van der Waals surface area (Å²) in [7, 11) is 1.61. The van der Waals surface area contributed by atoms with Crippen LogP contribution in [-0.4, -0.2) is 50.4 Å². The molecule has 31 heavy (non-hydrogen) atoms. The van der Waals surface area contributed by atoms with Crippen molar-refractivity contribution in [3.63, 3.8) is 0 Å². The number of aliphatic imine (C=N–C) groups is 1. The van der Waals surface area contributed by atoms with Gasteiger partial charge in [0.1, 0.15) is 0 Å². The number of piperidine rings is 1. The number of pyridine rings is 1. The quantitative estimate of drug-likeness (QED) is 0.388. The topological polar surface area (TPSA) is 87.6 Å². The van der Waals surface area contributed by atoms with Gasteiger partial charge in [0.25, 0.3) is 5.91 Å². The molecule has 2 heterocycles. The Labute approximate surface area is 188 Å². The fourth-order valence-corrected chi connectivity index (χ4v) is 3.73. The number of hydrogen-bond acceptors (Lipinski definition) is 6. The Morgan fingerprint density at radius 1 is 1.32 bits per heavy atom. The lowest BCUT2D eigenvalue weighted by molar-refractivity contribution is 0.0963. The third-order valence-electron chi connectivity index (χ3n) is 5.28. The molecule has 1 amide bonds. The Morgan fingerprint density at radius 2 is 2.13 bits per heavy atom. The van der Waals surface area contributed by atoms with Crippen LogP contribution in [0.4, 0.5) is 5.69 Å². The molecule has 1 fully saturated rings. The summed E-state index contributed by atoms with van der Waals surface area (Å²) in [6.07, 6.45) is 5.66. The van der Waals surface area contributed by atoms with E-state index >= 15 is 0 Å². The van der Waals surface area contributed by atoms with Crippen LogP contribution in [0.25, 0.3) is 0 Å². The number of halogens is 1. The van der Waals surface area contributed by atoms with Gasteiger partial charge in [0.2, 0.25) is 0 Å². The lowest BCUT2D eigenvalue weighted by Gasteiger charge is -2.22. The van der Waals surface area contributed by atoms with Crippen LogP contribution in [0.2, 0.25) is 5.02 Å². The maximum Gasteiger partial charge on any atom is 0.253 e. The highest BCUT2D eigenvalue weighted by Crippen LogP contribution is 2.23. The Balaban J connectivity index is 1.62. The molecule has 1 aromatic heterocycles. The highest BCUT2D eigenvalue weighted by atomic mass is 35.5. The number of hydrogen-bond donors (Lipinski definition) is 3. The summed E-state index contributed by atoms with van der Waals surface area (Å²) in [6, 6.07) is 9.26. The zero-order chi connectivity index (χ0) is 21.9. The number of amides is 1. The van der Waals surface area contributed by atoms with Gasteiger partial charge in [-0.05, 0) is 56.1 Å². The molecule has 0 saturated carbocycles. The molecular formula is C23H30ClN5O2. The smallest absolute Gasteiger partial charge is 0.253 e. The van der Waals surface area contributed by atoms with Crippen molar-refractivity contribution in [1.29, 1.82) is 0 Å². The lowest BCUT2D eigenvalue weighted by atomic mass is 9.98. The van der Waals surface area contributed by atoms with Gasteiger partial charge >= 0.3 is 0 Å². The molecule has 0 radical (unpaired) electrons. The van der Waals surface area contributed by atoms with Gasteiger partial charge in [0, 0.05) is 31.0 Å². The van der Waals surface area contributed by atoms with E-state index < -0.39 is 0 Å². The van der Waals surface area contributed by atoms with E-state index in [4.69, 9.17) is 16.3 Å². The molecule has 3 N–H and O–H groups in total. The summed E-state index contributed by atoms with van der Waals surface area (Å²) < 4.78 is 5.67. The molecule has 0 aliphatic carbocycles. The minimum absolute atomic E-state index is 0.189. The van der Waals surface area contributed by atoms with E-state index in [2.05, 4.69) is 25.9 Å². The van der Waals surface area contributed by atoms with E-state index in [-0.39, 0.29) is 5.91 Å². The van der Waals surface area contributed by atoms with Crippen molar-refractivity contribution in [2.24, 2.45) is 10.9 Å². The number of nitrogens with one attached hydrogen (secondary N) is 3. The van der Waals surface area contributed by atoms with Crippen molar-refractivity contribution >= 4 is 29.4 Å². The minimum Gasteiger partial charge on any atom is -0.371 e. The number of aromatic nitrogens is 1. The first-order chi connectivity index (χ1) is 15.2. The first-order valence-corrected chi connectivity index (χ1v) is 11.0. The van der Waals surface area contributed by atoms with E-state index in [0.717, 1.165) is 30.9 Å². The first kappa shape index (κ1) is 23.3. The van der Waals surface area contributed by atoms with Gasteiger partial charge in [-0.25, -0.2) is 0 Å². The Bertz CT molecular complexity index is 884. The van der Waals surface area contributed by atoms with Gasteiger partial charge in [-0.1, -0.05) is 29.8 Å². The summed E-state index contributed by atoms with van der Waals surface area (Å²) in [5, 5.41) is 10.2. The van der Waals surface area contributed by atoms with Crippen LogP contribution in [0.3, 0.4) is 0 Å². The van der Waals surface area contributed by atoms with Crippen LogP contribution in [0.1, 0.15) is 34.5 Å². The number of carbonyl (C=O) groups is 1. The lowest BCUT2D eigenvalue weighted by Crippen LogP contribution is -2.33. The first-order valence-electron chi connectivity index (χ1n) is 10.6. The van der Waals surface area contributed by atoms with E-state index in [1.165, 1.54) is 12.8 Å². The zero-order valence-corrected chi connectivity index (χ0v) is 18.6. The average Bonchev–Trinajstić information content (AvgIpc) is 2.80. The maximum atomic E-state index is 12.3. The van der Waals surface area contributed by atoms with Crippen molar-refractivity contribution in [1.82, 2.24) is 20.9 Å². The fraction of sp³-hybridized carbons (Fsp3) is 0.435. The maximum absolute atomic E-state index is 12.3. The molecular weight excluding hydrogens is 414 g/mol. The molecule has 0 spiro atoms. The standard InChI is InChI=1S/C23H30ClN5O2/c1-25-23(30)19-8-11-28-21(15-27-14-17-6-9-26-10-7-17)22(19)29-12-13-31-16-18-4-2-3-5-20(18)24/h2-5,8,11-12,17,26-27H,6-7,9-10,13-16H2,1H3,(H,25,30)/b29-12+. The second-order valence-electron chi connectivity index (χ2n) is 7.48. The van der Waals surface area contributed by atoms with E-state index in [1.807, 2.05) is 24.3 Å². The van der Waals surface area contributed by atoms with E-state index in [0.29, 0.717) is 41.9 Å². The van der Waals surface area contributed by atoms with Gasteiger partial charge in [-0.15, -0.1) is 0 Å². The molecule has 2 aromatic rings. The minimum atomic E-state index is -0.189. The second-order valence-corrected chi connectivity index (χ2v) is 7.88. The van der Waals surface area contributed by atoms with Crippen molar-refractivity contribution in [2.75, 3.05) is 33.3 Å². The van der Waals surface area contributed by atoms with E-state index in [1.54, 1.807) is 25.5 Å². The normalized spacial score (nSPS) is 14.8. The van der Waals surface area contributed by atoms with Gasteiger partial charge < -0.3 is 20.7 Å². The molecule has 0 atom stereocenters. The molecule has 3 rings (SSSR count). The summed E-state index contributed by atoms with van der Waals surface area (Å²) in [5.41, 5.74) is 2.74. The largest absolute Gasteiger partial charge is 0.371 e. The number of benzene rings is 1. The molecule has 7 nitrogen and oxygen atoms in total. The monoisotopic (exact) mass is 443 g/mol. The van der Waals surface area contributed by atoms with Crippen molar-refractivity contribution in [3.05, 3.63) is 58.4 Å². The van der Waals surface area contributed by atoms with Gasteiger partial charge in [-0.2, -0.15) is 0 Å². The molecule has 1 aliphatic rings. The molecule has 1 aromatic carbocycles. The molecule has 166 valence electrons. The number of rotatable bonds is 10. The van der Waals surface area contributed by atoms with Gasteiger partial charge in [0.05, 0.1) is 30.2 Å². The third kappa shape index (κ3) is 7.11.